The predicted octanol–water partition coefficient (Wildman–Crippen LogP) is 3.29. The van der Waals surface area contributed by atoms with E-state index < -0.39 is 0 Å². The molecule has 1 aliphatic heterocycles. The minimum Gasteiger partial charge on any atom is -0.494 e. The number of carbonyl (C=O) groups is 1. The molecule has 0 spiro atoms. The lowest BCUT2D eigenvalue weighted by Crippen LogP contribution is -2.40. The molecule has 0 unspecified atom stereocenters. The highest BCUT2D eigenvalue weighted by atomic mass is 16.6. The molecule has 1 atom stereocenters. The van der Waals surface area contributed by atoms with Gasteiger partial charge in [0.05, 0.1) is 0 Å². The SMILES string of the molecule is O=C(NC[C@H]1CC2c3ccccc3C1c1ccccc12)C1=COCCO1. The number of ether oxygens (including phenoxy) is 2. The summed E-state index contributed by atoms with van der Waals surface area (Å²) < 4.78 is 10.6. The molecular weight excluding hydrogens is 326 g/mol. The second kappa shape index (κ2) is 6.20. The number of fused-ring (bicyclic) bond motifs is 1. The Morgan fingerprint density at radius 1 is 0.962 bits per heavy atom. The first-order valence-electron chi connectivity index (χ1n) is 9.23. The standard InChI is InChI=1S/C22H21NO3/c24-22(20-13-25-9-10-26-20)23-12-14-11-19-15-5-1-3-7-17(15)21(14)18-8-4-2-6-16(18)19/h1-8,13-14,19,21H,9-12H2,(H,23,24)/t14-,19?,21?/m1/s1. The van der Waals surface area contributed by atoms with Crippen molar-refractivity contribution in [3.63, 3.8) is 0 Å². The number of amides is 1. The maximum atomic E-state index is 12.4. The van der Waals surface area contributed by atoms with Crippen LogP contribution in [0.25, 0.3) is 0 Å². The van der Waals surface area contributed by atoms with Crippen LogP contribution in [0.4, 0.5) is 0 Å². The van der Waals surface area contributed by atoms with E-state index in [1.54, 1.807) is 0 Å². The van der Waals surface area contributed by atoms with Crippen molar-refractivity contribution in [2.75, 3.05) is 19.8 Å². The van der Waals surface area contributed by atoms with Gasteiger partial charge in [-0.2, -0.15) is 0 Å². The lowest BCUT2D eigenvalue weighted by molar-refractivity contribution is -0.122. The third kappa shape index (κ3) is 2.40. The third-order valence-electron chi connectivity index (χ3n) is 5.82. The molecule has 1 amide bonds. The van der Waals surface area contributed by atoms with E-state index in [0.717, 1.165) is 6.42 Å². The van der Waals surface area contributed by atoms with Gasteiger partial charge in [0.1, 0.15) is 19.5 Å². The van der Waals surface area contributed by atoms with E-state index in [9.17, 15) is 4.79 Å². The molecule has 6 rings (SSSR count). The Labute approximate surface area is 152 Å². The van der Waals surface area contributed by atoms with Crippen molar-refractivity contribution >= 4 is 5.91 Å². The van der Waals surface area contributed by atoms with Crippen molar-refractivity contribution in [2.45, 2.75) is 18.3 Å². The van der Waals surface area contributed by atoms with Crippen molar-refractivity contribution in [2.24, 2.45) is 5.92 Å². The fourth-order valence-electron chi connectivity index (χ4n) is 4.76. The summed E-state index contributed by atoms with van der Waals surface area (Å²) in [6.45, 7) is 1.56. The summed E-state index contributed by atoms with van der Waals surface area (Å²) in [7, 11) is 0. The number of hydrogen-bond donors (Lipinski definition) is 1. The molecule has 4 aliphatic rings. The van der Waals surface area contributed by atoms with Crippen LogP contribution in [-0.4, -0.2) is 25.7 Å². The van der Waals surface area contributed by atoms with Gasteiger partial charge in [0.2, 0.25) is 5.76 Å². The molecule has 26 heavy (non-hydrogen) atoms. The van der Waals surface area contributed by atoms with Gasteiger partial charge in [-0.1, -0.05) is 48.5 Å². The normalized spacial score (nSPS) is 25.2. The van der Waals surface area contributed by atoms with Crippen LogP contribution in [0.2, 0.25) is 0 Å². The second-order valence-electron chi connectivity index (χ2n) is 7.20. The third-order valence-corrected chi connectivity index (χ3v) is 5.82. The van der Waals surface area contributed by atoms with Crippen LogP contribution < -0.4 is 5.32 Å². The minimum absolute atomic E-state index is 0.187. The highest BCUT2D eigenvalue weighted by molar-refractivity contribution is 5.91. The molecule has 4 nitrogen and oxygen atoms in total. The average molecular weight is 347 g/mol. The van der Waals surface area contributed by atoms with Gasteiger partial charge in [0.15, 0.2) is 0 Å². The van der Waals surface area contributed by atoms with Gasteiger partial charge in [-0.05, 0) is 34.6 Å². The summed E-state index contributed by atoms with van der Waals surface area (Å²) in [4.78, 5) is 12.4. The molecule has 0 saturated heterocycles. The molecule has 0 fully saturated rings. The van der Waals surface area contributed by atoms with Crippen molar-refractivity contribution in [1.82, 2.24) is 5.32 Å². The Bertz CT molecular complexity index is 841. The largest absolute Gasteiger partial charge is 0.494 e. The fourth-order valence-corrected chi connectivity index (χ4v) is 4.76. The monoisotopic (exact) mass is 347 g/mol. The molecule has 0 aromatic heterocycles. The van der Waals surface area contributed by atoms with Gasteiger partial charge in [-0.25, -0.2) is 0 Å². The van der Waals surface area contributed by atoms with Crippen LogP contribution >= 0.6 is 0 Å². The van der Waals surface area contributed by atoms with Crippen molar-refractivity contribution < 1.29 is 14.3 Å². The number of nitrogens with one attached hydrogen (secondary N) is 1. The maximum Gasteiger partial charge on any atom is 0.289 e. The molecule has 1 heterocycles. The summed E-state index contributed by atoms with van der Waals surface area (Å²) in [6, 6.07) is 17.5. The van der Waals surface area contributed by atoms with Crippen molar-refractivity contribution in [3.05, 3.63) is 82.8 Å². The number of benzene rings is 2. The second-order valence-corrected chi connectivity index (χ2v) is 7.20. The number of hydrogen-bond acceptors (Lipinski definition) is 3. The first-order chi connectivity index (χ1) is 12.8. The van der Waals surface area contributed by atoms with Gasteiger partial charge in [-0.15, -0.1) is 0 Å². The average Bonchev–Trinajstić information content (AvgIpc) is 2.73. The topological polar surface area (TPSA) is 47.6 Å². The lowest BCUT2D eigenvalue weighted by atomic mass is 9.59. The summed E-state index contributed by atoms with van der Waals surface area (Å²) in [5, 5.41) is 3.06. The van der Waals surface area contributed by atoms with Crippen LogP contribution in [0.1, 0.15) is 40.5 Å². The number of rotatable bonds is 3. The molecule has 0 saturated carbocycles. The maximum absolute atomic E-state index is 12.4. The van der Waals surface area contributed by atoms with Crippen LogP contribution in [0.3, 0.4) is 0 Å². The quantitative estimate of drug-likeness (QED) is 0.927. The van der Waals surface area contributed by atoms with Gasteiger partial charge in [0, 0.05) is 18.4 Å². The number of carbonyl (C=O) groups excluding carboxylic acids is 1. The molecule has 1 N–H and O–H groups in total. The Morgan fingerprint density at radius 3 is 2.23 bits per heavy atom. The van der Waals surface area contributed by atoms with Crippen LogP contribution in [-0.2, 0) is 14.3 Å². The van der Waals surface area contributed by atoms with E-state index in [1.807, 2.05) is 0 Å². The van der Waals surface area contributed by atoms with Gasteiger partial charge < -0.3 is 14.8 Å². The first kappa shape index (κ1) is 15.5. The highest BCUT2D eigenvalue weighted by Gasteiger charge is 2.42. The lowest BCUT2D eigenvalue weighted by Gasteiger charge is -2.45. The van der Waals surface area contributed by atoms with E-state index in [2.05, 4.69) is 53.8 Å². The van der Waals surface area contributed by atoms with Gasteiger partial charge in [-0.3, -0.25) is 4.79 Å². The molecule has 3 aliphatic carbocycles. The first-order valence-corrected chi connectivity index (χ1v) is 9.23. The van der Waals surface area contributed by atoms with E-state index in [-0.39, 0.29) is 11.7 Å². The van der Waals surface area contributed by atoms with Crippen LogP contribution in [0, 0.1) is 5.92 Å². The van der Waals surface area contributed by atoms with Crippen molar-refractivity contribution in [1.29, 1.82) is 0 Å². The summed E-state index contributed by atoms with van der Waals surface area (Å²) in [6.07, 6.45) is 2.48. The van der Waals surface area contributed by atoms with E-state index in [4.69, 9.17) is 9.47 Å². The zero-order valence-electron chi connectivity index (χ0n) is 14.5. The van der Waals surface area contributed by atoms with E-state index in [1.165, 1.54) is 28.5 Å². The molecule has 4 heteroatoms. The summed E-state index contributed by atoms with van der Waals surface area (Å²) >= 11 is 0. The Hall–Kier alpha value is -2.75. The molecule has 2 aromatic rings. The Morgan fingerprint density at radius 2 is 1.62 bits per heavy atom. The Balaban J connectivity index is 1.42. The van der Waals surface area contributed by atoms with Crippen molar-refractivity contribution in [3.8, 4) is 0 Å². The van der Waals surface area contributed by atoms with E-state index >= 15 is 0 Å². The minimum atomic E-state index is -0.187. The summed E-state index contributed by atoms with van der Waals surface area (Å²) in [5.41, 5.74) is 5.73. The smallest absolute Gasteiger partial charge is 0.289 e. The molecule has 2 bridgehead atoms. The highest BCUT2D eigenvalue weighted by Crippen LogP contribution is 2.55. The van der Waals surface area contributed by atoms with E-state index in [0.29, 0.717) is 37.5 Å². The molecule has 0 radical (unpaired) electrons. The fraction of sp³-hybridized carbons (Fsp3) is 0.318. The van der Waals surface area contributed by atoms with Crippen LogP contribution in [0.15, 0.2) is 60.6 Å². The zero-order chi connectivity index (χ0) is 17.5. The Kier molecular flexibility index (Phi) is 3.70. The zero-order valence-corrected chi connectivity index (χ0v) is 14.5. The van der Waals surface area contributed by atoms with Gasteiger partial charge >= 0.3 is 0 Å². The predicted molar refractivity (Wildman–Crippen MR) is 97.7 cm³/mol. The molecular formula is C22H21NO3. The van der Waals surface area contributed by atoms with Gasteiger partial charge in [0.25, 0.3) is 5.91 Å². The van der Waals surface area contributed by atoms with Crippen LogP contribution in [0.5, 0.6) is 0 Å². The molecule has 132 valence electrons. The summed E-state index contributed by atoms with van der Waals surface area (Å²) in [5.74, 6) is 1.23. The molecule has 2 aromatic carbocycles.